The fraction of sp³-hybridized carbons (Fsp3) is 0.286. The molecule has 2 rings (SSSR count). The summed E-state index contributed by atoms with van der Waals surface area (Å²) in [7, 11) is 0. The van der Waals surface area contributed by atoms with Crippen LogP contribution in [0.1, 0.15) is 25.3 Å². The number of hydrogen-bond acceptors (Lipinski definition) is 3. The number of halogens is 1. The van der Waals surface area contributed by atoms with Crippen LogP contribution in [-0.2, 0) is 4.79 Å². The molecule has 0 saturated carbocycles. The van der Waals surface area contributed by atoms with Gasteiger partial charge in [0, 0.05) is 11.6 Å². The van der Waals surface area contributed by atoms with E-state index in [1.807, 2.05) is 19.1 Å². The first kappa shape index (κ1) is 14.2. The highest BCUT2D eigenvalue weighted by Crippen LogP contribution is 2.32. The number of hydrogen-bond donors (Lipinski definition) is 0. The molecule has 1 heterocycles. The van der Waals surface area contributed by atoms with E-state index in [4.69, 9.17) is 11.6 Å². The Balaban J connectivity index is 2.18. The van der Waals surface area contributed by atoms with Gasteiger partial charge in [-0.25, -0.2) is 0 Å². The van der Waals surface area contributed by atoms with Crippen LogP contribution in [0.15, 0.2) is 29.2 Å². The van der Waals surface area contributed by atoms with Crippen LogP contribution < -0.4 is 0 Å². The maximum atomic E-state index is 12.1. The van der Waals surface area contributed by atoms with Gasteiger partial charge in [0.25, 0.3) is 11.1 Å². The van der Waals surface area contributed by atoms with Gasteiger partial charge in [0.2, 0.25) is 0 Å². The molecule has 100 valence electrons. The summed E-state index contributed by atoms with van der Waals surface area (Å²) in [5.41, 5.74) is 0.827. The number of imide groups is 1. The van der Waals surface area contributed by atoms with Gasteiger partial charge in [0.15, 0.2) is 0 Å². The zero-order valence-corrected chi connectivity index (χ0v) is 12.1. The SMILES string of the molecule is CCCCN1C(=O)S/C(=C\c2cccc(Cl)c2)C1=O. The van der Waals surface area contributed by atoms with Gasteiger partial charge in [0.05, 0.1) is 4.91 Å². The summed E-state index contributed by atoms with van der Waals surface area (Å²) in [6.45, 7) is 2.52. The third-order valence-corrected chi connectivity index (χ3v) is 3.90. The van der Waals surface area contributed by atoms with Crippen LogP contribution in [0.3, 0.4) is 0 Å². The lowest BCUT2D eigenvalue weighted by Gasteiger charge is -2.10. The van der Waals surface area contributed by atoms with Crippen LogP contribution in [0.25, 0.3) is 6.08 Å². The molecule has 19 heavy (non-hydrogen) atoms. The lowest BCUT2D eigenvalue weighted by atomic mass is 10.2. The number of nitrogens with zero attached hydrogens (tertiary/aromatic N) is 1. The van der Waals surface area contributed by atoms with Crippen molar-refractivity contribution in [2.45, 2.75) is 19.8 Å². The molecule has 3 nitrogen and oxygen atoms in total. The zero-order valence-electron chi connectivity index (χ0n) is 10.6. The minimum atomic E-state index is -0.205. The average molecular weight is 296 g/mol. The quantitative estimate of drug-likeness (QED) is 0.782. The largest absolute Gasteiger partial charge is 0.293 e. The first-order chi connectivity index (χ1) is 9.11. The second kappa shape index (κ2) is 6.26. The molecule has 1 saturated heterocycles. The monoisotopic (exact) mass is 295 g/mol. The molecular weight excluding hydrogens is 282 g/mol. The summed E-state index contributed by atoms with van der Waals surface area (Å²) in [6.07, 6.45) is 3.50. The van der Waals surface area contributed by atoms with Crippen molar-refractivity contribution in [2.75, 3.05) is 6.54 Å². The van der Waals surface area contributed by atoms with Crippen LogP contribution in [0, 0.1) is 0 Å². The lowest BCUT2D eigenvalue weighted by molar-refractivity contribution is -0.122. The zero-order chi connectivity index (χ0) is 13.8. The van der Waals surface area contributed by atoms with Gasteiger partial charge in [-0.1, -0.05) is 37.1 Å². The fourth-order valence-corrected chi connectivity index (χ4v) is 2.82. The molecular formula is C14H14ClNO2S. The van der Waals surface area contributed by atoms with Crippen LogP contribution in [0.5, 0.6) is 0 Å². The highest BCUT2D eigenvalue weighted by molar-refractivity contribution is 8.18. The number of carbonyl (C=O) groups is 2. The van der Waals surface area contributed by atoms with Gasteiger partial charge in [0.1, 0.15) is 0 Å². The normalized spacial score (nSPS) is 17.6. The van der Waals surface area contributed by atoms with Crippen molar-refractivity contribution in [3.8, 4) is 0 Å². The van der Waals surface area contributed by atoms with Gasteiger partial charge in [-0.2, -0.15) is 0 Å². The van der Waals surface area contributed by atoms with E-state index in [-0.39, 0.29) is 11.1 Å². The molecule has 1 fully saturated rings. The maximum absolute atomic E-state index is 12.1. The summed E-state index contributed by atoms with van der Waals surface area (Å²) in [6, 6.07) is 7.20. The molecule has 2 amide bonds. The Labute approximate surface area is 121 Å². The third-order valence-electron chi connectivity index (χ3n) is 2.76. The first-order valence-electron chi connectivity index (χ1n) is 6.12. The molecule has 0 spiro atoms. The van der Waals surface area contributed by atoms with Crippen molar-refractivity contribution in [3.05, 3.63) is 39.8 Å². The highest BCUT2D eigenvalue weighted by Gasteiger charge is 2.34. The van der Waals surface area contributed by atoms with Gasteiger partial charge in [-0.15, -0.1) is 0 Å². The Hall–Kier alpha value is -1.26. The molecule has 0 unspecified atom stereocenters. The molecule has 5 heteroatoms. The standard InChI is InChI=1S/C14H14ClNO2S/c1-2-3-7-16-13(17)12(19-14(16)18)9-10-5-4-6-11(15)8-10/h4-6,8-9H,2-3,7H2,1H3/b12-9-. The van der Waals surface area contributed by atoms with E-state index in [0.29, 0.717) is 16.5 Å². The smallest absolute Gasteiger partial charge is 0.268 e. The third kappa shape index (κ3) is 3.39. The van der Waals surface area contributed by atoms with Crippen LogP contribution in [0.2, 0.25) is 5.02 Å². The van der Waals surface area contributed by atoms with Gasteiger partial charge >= 0.3 is 0 Å². The van der Waals surface area contributed by atoms with Crippen LogP contribution in [0.4, 0.5) is 4.79 Å². The second-order valence-corrected chi connectivity index (χ2v) is 5.67. The maximum Gasteiger partial charge on any atom is 0.293 e. The number of thioether (sulfide) groups is 1. The van der Waals surface area contributed by atoms with E-state index in [0.717, 1.165) is 30.2 Å². The number of carbonyl (C=O) groups excluding carboxylic acids is 2. The van der Waals surface area contributed by atoms with Crippen molar-refractivity contribution in [2.24, 2.45) is 0 Å². The minimum absolute atomic E-state index is 0.188. The molecule has 0 aliphatic carbocycles. The van der Waals surface area contributed by atoms with E-state index >= 15 is 0 Å². The molecule has 1 aromatic carbocycles. The number of unbranched alkanes of at least 4 members (excludes halogenated alkanes) is 1. The van der Waals surface area contributed by atoms with Crippen molar-refractivity contribution in [3.63, 3.8) is 0 Å². The molecule has 1 aromatic rings. The Morgan fingerprint density at radius 1 is 1.37 bits per heavy atom. The Morgan fingerprint density at radius 3 is 2.84 bits per heavy atom. The van der Waals surface area contributed by atoms with Gasteiger partial charge in [-0.3, -0.25) is 14.5 Å². The Morgan fingerprint density at radius 2 is 2.16 bits per heavy atom. The van der Waals surface area contributed by atoms with Gasteiger partial charge < -0.3 is 0 Å². The van der Waals surface area contributed by atoms with E-state index in [1.165, 1.54) is 4.90 Å². The molecule has 0 bridgehead atoms. The first-order valence-corrected chi connectivity index (χ1v) is 7.32. The van der Waals surface area contributed by atoms with Crippen LogP contribution in [-0.4, -0.2) is 22.6 Å². The Bertz CT molecular complexity index is 542. The summed E-state index contributed by atoms with van der Waals surface area (Å²) in [4.78, 5) is 25.6. The molecule has 1 aliphatic rings. The number of benzene rings is 1. The summed E-state index contributed by atoms with van der Waals surface area (Å²) in [5, 5.41) is 0.422. The van der Waals surface area contributed by atoms with E-state index in [1.54, 1.807) is 18.2 Å². The van der Waals surface area contributed by atoms with Crippen molar-refractivity contribution in [1.82, 2.24) is 4.90 Å². The highest BCUT2D eigenvalue weighted by atomic mass is 35.5. The predicted molar refractivity (Wildman–Crippen MR) is 79.0 cm³/mol. The van der Waals surface area contributed by atoms with E-state index in [2.05, 4.69) is 0 Å². The fourth-order valence-electron chi connectivity index (χ4n) is 1.76. The van der Waals surface area contributed by atoms with Crippen LogP contribution >= 0.6 is 23.4 Å². The molecule has 0 N–H and O–H groups in total. The molecule has 1 aliphatic heterocycles. The van der Waals surface area contributed by atoms with E-state index < -0.39 is 0 Å². The minimum Gasteiger partial charge on any atom is -0.268 e. The number of amides is 2. The average Bonchev–Trinajstić information content (AvgIpc) is 2.62. The molecule has 0 atom stereocenters. The second-order valence-electron chi connectivity index (χ2n) is 4.24. The topological polar surface area (TPSA) is 37.4 Å². The summed E-state index contributed by atoms with van der Waals surface area (Å²) in [5.74, 6) is -0.205. The van der Waals surface area contributed by atoms with Crippen molar-refractivity contribution < 1.29 is 9.59 Å². The lowest BCUT2D eigenvalue weighted by Crippen LogP contribution is -2.29. The van der Waals surface area contributed by atoms with Gasteiger partial charge in [-0.05, 0) is 42.0 Å². The number of rotatable bonds is 4. The Kier molecular flexibility index (Phi) is 4.66. The molecule has 0 aromatic heterocycles. The predicted octanol–water partition coefficient (Wildman–Crippen LogP) is 4.18. The summed E-state index contributed by atoms with van der Waals surface area (Å²) < 4.78 is 0. The van der Waals surface area contributed by atoms with E-state index in [9.17, 15) is 9.59 Å². The summed E-state index contributed by atoms with van der Waals surface area (Å²) >= 11 is 6.88. The molecule has 0 radical (unpaired) electrons. The van der Waals surface area contributed by atoms with Crippen molar-refractivity contribution in [1.29, 1.82) is 0 Å². The van der Waals surface area contributed by atoms with Crippen molar-refractivity contribution >= 4 is 40.6 Å².